The zero-order valence-corrected chi connectivity index (χ0v) is 19.7. The number of ether oxygens (including phenoxy) is 3. The molecule has 0 spiro atoms. The highest BCUT2D eigenvalue weighted by Crippen LogP contribution is 2.33. The van der Waals surface area contributed by atoms with Gasteiger partial charge in [0.25, 0.3) is 5.56 Å². The number of hydrogen-bond donors (Lipinski definition) is 0. The first kappa shape index (κ1) is 23.3. The molecule has 0 unspecified atom stereocenters. The maximum Gasteiger partial charge on any atom is 0.319 e. The van der Waals surface area contributed by atoms with Crippen molar-refractivity contribution in [2.75, 3.05) is 20.8 Å². The fraction of sp³-hybridized carbons (Fsp3) is 0.200. The third-order valence-electron chi connectivity index (χ3n) is 5.02. The van der Waals surface area contributed by atoms with E-state index in [9.17, 15) is 4.79 Å². The quantitative estimate of drug-likeness (QED) is 0.359. The monoisotopic (exact) mass is 478 g/mol. The molecule has 4 aromatic rings. The molecule has 0 saturated heterocycles. The Labute approximate surface area is 201 Å². The van der Waals surface area contributed by atoms with Gasteiger partial charge in [0, 0.05) is 34.7 Å². The van der Waals surface area contributed by atoms with Crippen LogP contribution in [0.1, 0.15) is 13.3 Å². The molecule has 174 valence electrons. The Morgan fingerprint density at radius 3 is 2.59 bits per heavy atom. The number of benzene rings is 1. The van der Waals surface area contributed by atoms with Crippen LogP contribution in [0.5, 0.6) is 17.6 Å². The van der Waals surface area contributed by atoms with Crippen molar-refractivity contribution in [1.29, 1.82) is 0 Å². The highest BCUT2D eigenvalue weighted by molar-refractivity contribution is 6.31. The van der Waals surface area contributed by atoms with Gasteiger partial charge in [-0.1, -0.05) is 18.5 Å². The van der Waals surface area contributed by atoms with Crippen molar-refractivity contribution in [3.63, 3.8) is 0 Å². The minimum Gasteiger partial charge on any atom is -0.494 e. The molecule has 0 radical (unpaired) electrons. The number of rotatable bonds is 8. The van der Waals surface area contributed by atoms with Crippen molar-refractivity contribution >= 4 is 11.6 Å². The molecule has 8 nitrogen and oxygen atoms in total. The largest absolute Gasteiger partial charge is 0.494 e. The van der Waals surface area contributed by atoms with Gasteiger partial charge in [-0.2, -0.15) is 4.98 Å². The molecule has 0 amide bonds. The Morgan fingerprint density at radius 2 is 1.88 bits per heavy atom. The second-order valence-corrected chi connectivity index (χ2v) is 7.77. The first-order chi connectivity index (χ1) is 16.5. The van der Waals surface area contributed by atoms with Crippen molar-refractivity contribution in [2.24, 2.45) is 0 Å². The lowest BCUT2D eigenvalue weighted by atomic mass is 10.0. The summed E-state index contributed by atoms with van der Waals surface area (Å²) in [7, 11) is 2.99. The van der Waals surface area contributed by atoms with E-state index in [0.717, 1.165) is 6.42 Å². The first-order valence-electron chi connectivity index (χ1n) is 10.6. The van der Waals surface area contributed by atoms with E-state index in [1.807, 2.05) is 6.92 Å². The molecule has 0 atom stereocenters. The van der Waals surface area contributed by atoms with Gasteiger partial charge < -0.3 is 14.2 Å². The van der Waals surface area contributed by atoms with Crippen molar-refractivity contribution < 1.29 is 14.2 Å². The molecule has 0 saturated carbocycles. The zero-order chi connectivity index (χ0) is 24.1. The van der Waals surface area contributed by atoms with Crippen LogP contribution in [-0.4, -0.2) is 40.3 Å². The maximum atomic E-state index is 13.6. The third-order valence-corrected chi connectivity index (χ3v) is 5.23. The number of halogens is 1. The summed E-state index contributed by atoms with van der Waals surface area (Å²) in [4.78, 5) is 26.3. The summed E-state index contributed by atoms with van der Waals surface area (Å²) in [5.41, 5.74) is 2.66. The van der Waals surface area contributed by atoms with Gasteiger partial charge in [0.05, 0.1) is 38.3 Å². The summed E-state index contributed by atoms with van der Waals surface area (Å²) in [5, 5.41) is 0.465. The van der Waals surface area contributed by atoms with Gasteiger partial charge >= 0.3 is 6.01 Å². The normalized spacial score (nSPS) is 10.7. The Kier molecular flexibility index (Phi) is 7.08. The van der Waals surface area contributed by atoms with Crippen LogP contribution in [0.2, 0.25) is 5.02 Å². The fourth-order valence-electron chi connectivity index (χ4n) is 3.45. The first-order valence-corrected chi connectivity index (χ1v) is 11.0. The average molecular weight is 479 g/mol. The van der Waals surface area contributed by atoms with Crippen LogP contribution in [0, 0.1) is 0 Å². The summed E-state index contributed by atoms with van der Waals surface area (Å²) in [6.07, 6.45) is 7.41. The van der Waals surface area contributed by atoms with Crippen molar-refractivity contribution in [3.05, 3.63) is 76.6 Å². The van der Waals surface area contributed by atoms with E-state index < -0.39 is 0 Å². The number of aromatic nitrogens is 4. The standard InChI is InChI=1S/C25H23ClN4O4/c1-4-8-34-20-10-16(9-18(26)12-20)21-11-17(22-14-28-25(33-3)29-23(22)32-2)15-30(24(21)31)19-6-5-7-27-13-19/h5-7,9-15H,4,8H2,1-3H3. The van der Waals surface area contributed by atoms with Gasteiger partial charge in [-0.3, -0.25) is 14.3 Å². The van der Waals surface area contributed by atoms with Gasteiger partial charge in [0.2, 0.25) is 5.88 Å². The second kappa shape index (κ2) is 10.4. The van der Waals surface area contributed by atoms with E-state index in [-0.39, 0.29) is 11.6 Å². The van der Waals surface area contributed by atoms with Gasteiger partial charge in [-0.05, 0) is 48.4 Å². The van der Waals surface area contributed by atoms with E-state index in [1.165, 1.54) is 18.8 Å². The molecule has 1 aromatic carbocycles. The predicted molar refractivity (Wildman–Crippen MR) is 130 cm³/mol. The Morgan fingerprint density at radius 1 is 1.03 bits per heavy atom. The molecule has 3 aromatic heterocycles. The zero-order valence-electron chi connectivity index (χ0n) is 19.0. The molecule has 0 bridgehead atoms. The number of methoxy groups -OCH3 is 2. The van der Waals surface area contributed by atoms with E-state index >= 15 is 0 Å². The Balaban J connectivity index is 1.97. The molecular weight excluding hydrogens is 456 g/mol. The maximum absolute atomic E-state index is 13.6. The van der Waals surface area contributed by atoms with E-state index in [2.05, 4.69) is 15.0 Å². The fourth-order valence-corrected chi connectivity index (χ4v) is 3.67. The molecule has 0 aliphatic carbocycles. The minimum absolute atomic E-state index is 0.175. The van der Waals surface area contributed by atoms with E-state index in [1.54, 1.807) is 61.2 Å². The minimum atomic E-state index is -0.242. The predicted octanol–water partition coefficient (Wildman–Crippen LogP) is 4.82. The molecule has 9 heteroatoms. The molecule has 4 rings (SSSR count). The Bertz CT molecular complexity index is 1360. The number of hydrogen-bond acceptors (Lipinski definition) is 7. The summed E-state index contributed by atoms with van der Waals surface area (Å²) in [6, 6.07) is 10.8. The van der Waals surface area contributed by atoms with Gasteiger partial charge in [-0.25, -0.2) is 4.98 Å². The molecule has 0 N–H and O–H groups in total. The lowest BCUT2D eigenvalue weighted by Gasteiger charge is -2.15. The van der Waals surface area contributed by atoms with Crippen LogP contribution in [0.3, 0.4) is 0 Å². The van der Waals surface area contributed by atoms with Crippen molar-refractivity contribution in [3.8, 4) is 45.6 Å². The van der Waals surface area contributed by atoms with Gasteiger partial charge in [0.15, 0.2) is 0 Å². The smallest absolute Gasteiger partial charge is 0.319 e. The van der Waals surface area contributed by atoms with Crippen LogP contribution in [0.15, 0.2) is 66.0 Å². The van der Waals surface area contributed by atoms with Crippen molar-refractivity contribution in [2.45, 2.75) is 13.3 Å². The summed E-state index contributed by atoms with van der Waals surface area (Å²) in [5.74, 6) is 0.902. The molecular formula is C25H23ClN4O4. The second-order valence-electron chi connectivity index (χ2n) is 7.33. The van der Waals surface area contributed by atoms with Gasteiger partial charge in [-0.15, -0.1) is 0 Å². The van der Waals surface area contributed by atoms with Crippen LogP contribution in [0.25, 0.3) is 27.9 Å². The topological polar surface area (TPSA) is 88.4 Å². The Hall–Kier alpha value is -3.91. The lowest BCUT2D eigenvalue weighted by molar-refractivity contribution is 0.317. The van der Waals surface area contributed by atoms with E-state index in [0.29, 0.717) is 51.2 Å². The van der Waals surface area contributed by atoms with Gasteiger partial charge in [0.1, 0.15) is 5.75 Å². The molecule has 0 aliphatic heterocycles. The summed E-state index contributed by atoms with van der Waals surface area (Å²) >= 11 is 6.37. The molecule has 34 heavy (non-hydrogen) atoms. The molecule has 3 heterocycles. The highest BCUT2D eigenvalue weighted by Gasteiger charge is 2.17. The van der Waals surface area contributed by atoms with Crippen LogP contribution in [-0.2, 0) is 0 Å². The number of pyridine rings is 2. The van der Waals surface area contributed by atoms with Crippen LogP contribution in [0.4, 0.5) is 0 Å². The average Bonchev–Trinajstić information content (AvgIpc) is 2.87. The number of nitrogens with zero attached hydrogens (tertiary/aromatic N) is 4. The molecule has 0 aliphatic rings. The van der Waals surface area contributed by atoms with Crippen LogP contribution < -0.4 is 19.8 Å². The third kappa shape index (κ3) is 4.87. The van der Waals surface area contributed by atoms with E-state index in [4.69, 9.17) is 25.8 Å². The summed E-state index contributed by atoms with van der Waals surface area (Å²) < 4.78 is 17.9. The lowest BCUT2D eigenvalue weighted by Crippen LogP contribution is -2.20. The SMILES string of the molecule is CCCOc1cc(Cl)cc(-c2cc(-c3cnc(OC)nc3OC)cn(-c3cccnc3)c2=O)c1. The highest BCUT2D eigenvalue weighted by atomic mass is 35.5. The van der Waals surface area contributed by atoms with Crippen molar-refractivity contribution in [1.82, 2.24) is 19.5 Å². The molecule has 0 fully saturated rings. The summed E-state index contributed by atoms with van der Waals surface area (Å²) in [6.45, 7) is 2.56. The van der Waals surface area contributed by atoms with Crippen LogP contribution >= 0.6 is 11.6 Å².